The molecule has 4 rings (SSSR count). The molecule has 2 aromatic carbocycles. The summed E-state index contributed by atoms with van der Waals surface area (Å²) in [6.07, 6.45) is 0. The van der Waals surface area contributed by atoms with Gasteiger partial charge in [0.25, 0.3) is 5.91 Å². The summed E-state index contributed by atoms with van der Waals surface area (Å²) in [5.74, 6) is -1.34. The summed E-state index contributed by atoms with van der Waals surface area (Å²) in [6, 6.07) is 11.5. The van der Waals surface area contributed by atoms with Gasteiger partial charge in [0.2, 0.25) is 0 Å². The molecular weight excluding hydrogens is 353 g/mol. The van der Waals surface area contributed by atoms with Gasteiger partial charge in [0, 0.05) is 5.56 Å². The number of phenols is 1. The van der Waals surface area contributed by atoms with Gasteiger partial charge in [-0.15, -0.1) is 0 Å². The van der Waals surface area contributed by atoms with Crippen molar-refractivity contribution in [3.05, 3.63) is 70.5 Å². The number of phenolic OH excluding ortho intramolecular Hbond substituents is 1. The number of hydrogen-bond donors (Lipinski definition) is 3. The van der Waals surface area contributed by atoms with Crippen molar-refractivity contribution in [1.29, 1.82) is 0 Å². The molecule has 2 heterocycles. The zero-order valence-corrected chi connectivity index (χ0v) is 13.7. The second-order valence-corrected chi connectivity index (χ2v) is 5.75. The second-order valence-electron chi connectivity index (χ2n) is 5.75. The van der Waals surface area contributed by atoms with Crippen LogP contribution < -0.4 is 11.4 Å². The van der Waals surface area contributed by atoms with E-state index in [0.29, 0.717) is 5.56 Å². The van der Waals surface area contributed by atoms with E-state index in [1.807, 2.05) is 0 Å². The van der Waals surface area contributed by atoms with Crippen LogP contribution in [0.2, 0.25) is 0 Å². The van der Waals surface area contributed by atoms with E-state index in [9.17, 15) is 19.1 Å². The SMILES string of the molecule is NC(=O)c1nc(-c2cccc(O)c2)nc2c1[nH]c(=O)n2-c1cccc(F)c1. The van der Waals surface area contributed by atoms with Gasteiger partial charge in [-0.05, 0) is 30.3 Å². The Morgan fingerprint density at radius 3 is 2.63 bits per heavy atom. The fourth-order valence-electron chi connectivity index (χ4n) is 2.79. The summed E-state index contributed by atoms with van der Waals surface area (Å²) >= 11 is 0. The Balaban J connectivity index is 2.08. The molecule has 0 atom stereocenters. The van der Waals surface area contributed by atoms with Crippen molar-refractivity contribution in [2.45, 2.75) is 0 Å². The predicted molar refractivity (Wildman–Crippen MR) is 95.1 cm³/mol. The van der Waals surface area contributed by atoms with Crippen LogP contribution in [0.15, 0.2) is 53.3 Å². The van der Waals surface area contributed by atoms with Crippen LogP contribution in [-0.4, -0.2) is 30.5 Å². The van der Waals surface area contributed by atoms with Gasteiger partial charge in [0.05, 0.1) is 5.69 Å². The zero-order chi connectivity index (χ0) is 19.1. The lowest BCUT2D eigenvalue weighted by molar-refractivity contribution is 0.0997. The van der Waals surface area contributed by atoms with Crippen LogP contribution in [0.3, 0.4) is 0 Å². The molecule has 134 valence electrons. The number of aromatic amines is 1. The van der Waals surface area contributed by atoms with Crippen molar-refractivity contribution >= 4 is 17.1 Å². The number of aromatic hydroxyl groups is 1. The maximum Gasteiger partial charge on any atom is 0.332 e. The highest BCUT2D eigenvalue weighted by atomic mass is 19.1. The first kappa shape index (κ1) is 16.5. The van der Waals surface area contributed by atoms with Crippen molar-refractivity contribution in [3.8, 4) is 22.8 Å². The normalized spacial score (nSPS) is 11.0. The Bertz CT molecular complexity index is 1260. The molecule has 27 heavy (non-hydrogen) atoms. The molecule has 0 fully saturated rings. The highest BCUT2D eigenvalue weighted by molar-refractivity contribution is 6.02. The molecule has 0 aliphatic rings. The summed E-state index contributed by atoms with van der Waals surface area (Å²) in [4.78, 5) is 35.3. The highest BCUT2D eigenvalue weighted by Gasteiger charge is 2.20. The van der Waals surface area contributed by atoms with Gasteiger partial charge >= 0.3 is 5.69 Å². The fourth-order valence-corrected chi connectivity index (χ4v) is 2.79. The molecule has 0 radical (unpaired) electrons. The average Bonchev–Trinajstić information content (AvgIpc) is 2.96. The number of nitrogens with one attached hydrogen (secondary N) is 1. The maximum absolute atomic E-state index is 13.6. The number of hydrogen-bond acceptors (Lipinski definition) is 5. The lowest BCUT2D eigenvalue weighted by Gasteiger charge is -2.07. The number of benzene rings is 2. The first-order valence-electron chi connectivity index (χ1n) is 7.82. The van der Waals surface area contributed by atoms with Crippen LogP contribution in [0.1, 0.15) is 10.5 Å². The van der Waals surface area contributed by atoms with Gasteiger partial charge in [-0.1, -0.05) is 18.2 Å². The predicted octanol–water partition coefficient (Wildman–Crippen LogP) is 1.72. The van der Waals surface area contributed by atoms with E-state index in [4.69, 9.17) is 5.73 Å². The van der Waals surface area contributed by atoms with Gasteiger partial charge < -0.3 is 15.8 Å². The largest absolute Gasteiger partial charge is 0.508 e. The van der Waals surface area contributed by atoms with Crippen LogP contribution in [0.25, 0.3) is 28.2 Å². The molecule has 4 aromatic rings. The van der Waals surface area contributed by atoms with E-state index in [0.717, 1.165) is 10.6 Å². The summed E-state index contributed by atoms with van der Waals surface area (Å²) in [5.41, 5.74) is 5.34. The number of halogens is 1. The lowest BCUT2D eigenvalue weighted by Crippen LogP contribution is -2.15. The second kappa shape index (κ2) is 6.06. The van der Waals surface area contributed by atoms with Crippen LogP contribution >= 0.6 is 0 Å². The van der Waals surface area contributed by atoms with Gasteiger partial charge in [-0.3, -0.25) is 4.79 Å². The third-order valence-corrected chi connectivity index (χ3v) is 3.94. The van der Waals surface area contributed by atoms with E-state index in [1.165, 1.54) is 30.3 Å². The summed E-state index contributed by atoms with van der Waals surface area (Å²) in [5, 5.41) is 9.68. The van der Waals surface area contributed by atoms with E-state index in [1.54, 1.807) is 12.1 Å². The summed E-state index contributed by atoms with van der Waals surface area (Å²) in [6.45, 7) is 0. The van der Waals surface area contributed by atoms with Crippen molar-refractivity contribution in [2.24, 2.45) is 5.73 Å². The lowest BCUT2D eigenvalue weighted by atomic mass is 10.2. The number of rotatable bonds is 3. The minimum absolute atomic E-state index is 0.0200. The van der Waals surface area contributed by atoms with Gasteiger partial charge in [0.1, 0.15) is 17.1 Å². The van der Waals surface area contributed by atoms with Gasteiger partial charge in [0.15, 0.2) is 17.2 Å². The zero-order valence-electron chi connectivity index (χ0n) is 13.7. The van der Waals surface area contributed by atoms with Crippen molar-refractivity contribution in [3.63, 3.8) is 0 Å². The number of carbonyl (C=O) groups excluding carboxylic acids is 1. The Hall–Kier alpha value is -4.01. The minimum Gasteiger partial charge on any atom is -0.508 e. The quantitative estimate of drug-likeness (QED) is 0.509. The average molecular weight is 365 g/mol. The number of H-pyrrole nitrogens is 1. The van der Waals surface area contributed by atoms with Gasteiger partial charge in [-0.25, -0.2) is 23.7 Å². The molecule has 4 N–H and O–H groups in total. The van der Waals surface area contributed by atoms with E-state index in [2.05, 4.69) is 15.0 Å². The van der Waals surface area contributed by atoms with Crippen molar-refractivity contribution < 1.29 is 14.3 Å². The van der Waals surface area contributed by atoms with Crippen LogP contribution in [0.4, 0.5) is 4.39 Å². The number of primary amides is 1. The molecule has 0 bridgehead atoms. The van der Waals surface area contributed by atoms with E-state index < -0.39 is 17.4 Å². The Morgan fingerprint density at radius 1 is 1.15 bits per heavy atom. The Labute approximate surface area is 150 Å². The monoisotopic (exact) mass is 365 g/mol. The summed E-state index contributed by atoms with van der Waals surface area (Å²) in [7, 11) is 0. The number of amides is 1. The van der Waals surface area contributed by atoms with Gasteiger partial charge in [-0.2, -0.15) is 0 Å². The number of nitrogens with zero attached hydrogens (tertiary/aromatic N) is 3. The van der Waals surface area contributed by atoms with Crippen molar-refractivity contribution in [1.82, 2.24) is 19.5 Å². The Morgan fingerprint density at radius 2 is 1.93 bits per heavy atom. The smallest absolute Gasteiger partial charge is 0.332 e. The molecule has 0 unspecified atom stereocenters. The fraction of sp³-hybridized carbons (Fsp3) is 0. The molecule has 8 nitrogen and oxygen atoms in total. The molecule has 0 aliphatic carbocycles. The minimum atomic E-state index is -0.864. The van der Waals surface area contributed by atoms with Crippen molar-refractivity contribution in [2.75, 3.05) is 0 Å². The molecule has 0 saturated heterocycles. The molecule has 2 aromatic heterocycles. The molecule has 1 amide bonds. The topological polar surface area (TPSA) is 127 Å². The van der Waals surface area contributed by atoms with Crippen LogP contribution in [0, 0.1) is 5.82 Å². The Kier molecular flexibility index (Phi) is 3.69. The standard InChI is InChI=1S/C18H12FN5O3/c19-10-4-2-5-11(8-10)24-17-14(22-18(24)27)13(15(20)26)21-16(23-17)9-3-1-6-12(25)7-9/h1-8,25H,(H2,20,26)(H,22,27). The van der Waals surface area contributed by atoms with Crippen LogP contribution in [-0.2, 0) is 0 Å². The number of imidazole rings is 1. The third-order valence-electron chi connectivity index (χ3n) is 3.94. The molecule has 9 heteroatoms. The number of carbonyl (C=O) groups is 1. The molecular formula is C18H12FN5O3. The number of aromatic nitrogens is 4. The molecule has 0 saturated carbocycles. The molecule has 0 aliphatic heterocycles. The summed E-state index contributed by atoms with van der Waals surface area (Å²) < 4.78 is 14.8. The number of fused-ring (bicyclic) bond motifs is 1. The highest BCUT2D eigenvalue weighted by Crippen LogP contribution is 2.24. The first-order valence-corrected chi connectivity index (χ1v) is 7.82. The molecule has 0 spiro atoms. The number of nitrogens with two attached hydrogens (primary N) is 1. The maximum atomic E-state index is 13.6. The third kappa shape index (κ3) is 2.80. The van der Waals surface area contributed by atoms with E-state index >= 15 is 0 Å². The first-order chi connectivity index (χ1) is 12.9. The van der Waals surface area contributed by atoms with E-state index in [-0.39, 0.29) is 34.1 Å². The van der Waals surface area contributed by atoms with Crippen LogP contribution in [0.5, 0.6) is 5.75 Å².